The average Bonchev–Trinajstić information content (AvgIpc) is 3.01. The van der Waals surface area contributed by atoms with Crippen LogP contribution in [-0.4, -0.2) is 26.2 Å². The molecule has 0 bridgehead atoms. The summed E-state index contributed by atoms with van der Waals surface area (Å²) in [6.45, 7) is 0. The molecule has 110 valence electrons. The van der Waals surface area contributed by atoms with Gasteiger partial charge in [0.1, 0.15) is 11.5 Å². The Morgan fingerprint density at radius 1 is 1.14 bits per heavy atom. The fourth-order valence-corrected chi connectivity index (χ4v) is 1.63. The van der Waals surface area contributed by atoms with E-state index in [1.54, 1.807) is 24.3 Å². The Morgan fingerprint density at radius 2 is 1.95 bits per heavy atom. The molecule has 3 amide bonds. The van der Waals surface area contributed by atoms with Crippen molar-refractivity contribution < 1.29 is 23.5 Å². The van der Waals surface area contributed by atoms with Crippen molar-refractivity contribution in [2.45, 2.75) is 0 Å². The number of anilines is 1. The molecule has 0 unspecified atom stereocenters. The zero-order valence-electron chi connectivity index (χ0n) is 11.5. The maximum atomic E-state index is 11.8. The van der Waals surface area contributed by atoms with Crippen LogP contribution in [0.2, 0.25) is 0 Å². The maximum Gasteiger partial charge on any atom is 0.326 e. The van der Waals surface area contributed by atoms with Crippen LogP contribution in [0.4, 0.5) is 10.5 Å². The second-order valence-electron chi connectivity index (χ2n) is 3.95. The minimum absolute atomic E-state index is 0.0480. The summed E-state index contributed by atoms with van der Waals surface area (Å²) in [5, 5.41) is 4.65. The Hall–Kier alpha value is -2.96. The Morgan fingerprint density at radius 3 is 2.57 bits per heavy atom. The molecule has 0 radical (unpaired) electrons. The Balaban J connectivity index is 2.04. The predicted octanol–water partition coefficient (Wildman–Crippen LogP) is 2.26. The van der Waals surface area contributed by atoms with Crippen molar-refractivity contribution in [2.75, 3.05) is 19.5 Å². The van der Waals surface area contributed by atoms with Crippen LogP contribution in [0.15, 0.2) is 41.0 Å². The lowest BCUT2D eigenvalue weighted by Crippen LogP contribution is -2.34. The summed E-state index contributed by atoms with van der Waals surface area (Å²) in [7, 11) is 2.99. The number of benzene rings is 1. The summed E-state index contributed by atoms with van der Waals surface area (Å²) < 4.78 is 15.1. The van der Waals surface area contributed by atoms with Gasteiger partial charge in [-0.15, -0.1) is 0 Å². The summed E-state index contributed by atoms with van der Waals surface area (Å²) in [6.07, 6.45) is 1.35. The van der Waals surface area contributed by atoms with Gasteiger partial charge < -0.3 is 19.2 Å². The number of ether oxygens (including phenoxy) is 2. The largest absolute Gasteiger partial charge is 0.497 e. The lowest BCUT2D eigenvalue weighted by Gasteiger charge is -2.11. The number of furan rings is 1. The maximum absolute atomic E-state index is 11.8. The van der Waals surface area contributed by atoms with E-state index in [1.807, 2.05) is 0 Å². The molecule has 0 fully saturated rings. The number of methoxy groups -OCH3 is 2. The van der Waals surface area contributed by atoms with Crippen molar-refractivity contribution in [3.05, 3.63) is 42.4 Å². The van der Waals surface area contributed by atoms with Crippen LogP contribution >= 0.6 is 0 Å². The van der Waals surface area contributed by atoms with Gasteiger partial charge in [0.25, 0.3) is 5.91 Å². The first-order chi connectivity index (χ1) is 10.1. The normalized spacial score (nSPS) is 9.81. The topological polar surface area (TPSA) is 89.8 Å². The van der Waals surface area contributed by atoms with Crippen LogP contribution in [0.5, 0.6) is 11.5 Å². The van der Waals surface area contributed by atoms with Crippen LogP contribution in [0, 0.1) is 0 Å². The first-order valence-electron chi connectivity index (χ1n) is 6.02. The predicted molar refractivity (Wildman–Crippen MR) is 74.7 cm³/mol. The number of carbonyl (C=O) groups excluding carboxylic acids is 2. The first kappa shape index (κ1) is 14.4. The second kappa shape index (κ2) is 6.47. The van der Waals surface area contributed by atoms with Crippen LogP contribution in [0.25, 0.3) is 0 Å². The number of nitrogens with one attached hydrogen (secondary N) is 2. The minimum Gasteiger partial charge on any atom is -0.497 e. The molecule has 1 aromatic heterocycles. The van der Waals surface area contributed by atoms with E-state index >= 15 is 0 Å². The van der Waals surface area contributed by atoms with Gasteiger partial charge in [0.05, 0.1) is 26.2 Å². The number of hydrogen-bond acceptors (Lipinski definition) is 5. The minimum atomic E-state index is -0.695. The summed E-state index contributed by atoms with van der Waals surface area (Å²) in [5.74, 6) is 0.413. The number of amides is 3. The van der Waals surface area contributed by atoms with E-state index in [0.29, 0.717) is 17.2 Å². The highest BCUT2D eigenvalue weighted by atomic mass is 16.5. The molecule has 0 aliphatic rings. The zero-order valence-corrected chi connectivity index (χ0v) is 11.5. The molecule has 2 rings (SSSR count). The highest BCUT2D eigenvalue weighted by Crippen LogP contribution is 2.28. The van der Waals surface area contributed by atoms with E-state index in [4.69, 9.17) is 13.9 Å². The van der Waals surface area contributed by atoms with Gasteiger partial charge in [-0.1, -0.05) is 0 Å². The second-order valence-corrected chi connectivity index (χ2v) is 3.95. The van der Waals surface area contributed by atoms with Gasteiger partial charge in [-0.2, -0.15) is 0 Å². The zero-order chi connectivity index (χ0) is 15.2. The number of rotatable bonds is 4. The van der Waals surface area contributed by atoms with Gasteiger partial charge in [-0.05, 0) is 24.3 Å². The SMILES string of the molecule is COc1ccc(NC(=O)NC(=O)c2ccco2)c(OC)c1. The summed E-state index contributed by atoms with van der Waals surface area (Å²) >= 11 is 0. The number of imide groups is 1. The van der Waals surface area contributed by atoms with Crippen molar-refractivity contribution in [2.24, 2.45) is 0 Å². The molecule has 0 saturated heterocycles. The summed E-state index contributed by atoms with van der Waals surface area (Å²) in [5.41, 5.74) is 0.406. The Kier molecular flexibility index (Phi) is 4.45. The van der Waals surface area contributed by atoms with E-state index < -0.39 is 11.9 Å². The quantitative estimate of drug-likeness (QED) is 0.901. The molecule has 7 heteroatoms. The van der Waals surface area contributed by atoms with E-state index in [1.165, 1.54) is 26.5 Å². The molecular formula is C14H14N2O5. The molecule has 0 aliphatic carbocycles. The van der Waals surface area contributed by atoms with Crippen molar-refractivity contribution in [3.63, 3.8) is 0 Å². The van der Waals surface area contributed by atoms with E-state index in [9.17, 15) is 9.59 Å². The molecule has 21 heavy (non-hydrogen) atoms. The van der Waals surface area contributed by atoms with E-state index in [0.717, 1.165) is 0 Å². The van der Waals surface area contributed by atoms with Crippen LogP contribution < -0.4 is 20.1 Å². The van der Waals surface area contributed by atoms with Gasteiger partial charge in [0.2, 0.25) is 0 Å². The number of urea groups is 1. The Labute approximate surface area is 120 Å². The fraction of sp³-hybridized carbons (Fsp3) is 0.143. The Bertz CT molecular complexity index is 637. The van der Waals surface area contributed by atoms with Crippen LogP contribution in [0.1, 0.15) is 10.6 Å². The van der Waals surface area contributed by atoms with Crippen molar-refractivity contribution in [1.82, 2.24) is 5.32 Å². The third-order valence-corrected chi connectivity index (χ3v) is 2.63. The molecule has 0 spiro atoms. The van der Waals surface area contributed by atoms with Gasteiger partial charge in [0.15, 0.2) is 5.76 Å². The van der Waals surface area contributed by atoms with Gasteiger partial charge in [-0.3, -0.25) is 10.1 Å². The average molecular weight is 290 g/mol. The van der Waals surface area contributed by atoms with Crippen molar-refractivity contribution >= 4 is 17.6 Å². The van der Waals surface area contributed by atoms with Gasteiger partial charge in [-0.25, -0.2) is 4.79 Å². The fourth-order valence-electron chi connectivity index (χ4n) is 1.63. The molecular weight excluding hydrogens is 276 g/mol. The van der Waals surface area contributed by atoms with Crippen LogP contribution in [0.3, 0.4) is 0 Å². The molecule has 1 aromatic carbocycles. The van der Waals surface area contributed by atoms with E-state index in [-0.39, 0.29) is 5.76 Å². The molecule has 2 N–H and O–H groups in total. The standard InChI is InChI=1S/C14H14N2O5/c1-19-9-5-6-10(12(8-9)20-2)15-14(18)16-13(17)11-4-3-7-21-11/h3-8H,1-2H3,(H2,15,16,17,18). The van der Waals surface area contributed by atoms with Crippen molar-refractivity contribution in [3.8, 4) is 11.5 Å². The molecule has 0 atom stereocenters. The number of carbonyl (C=O) groups is 2. The summed E-state index contributed by atoms with van der Waals surface area (Å²) in [6, 6.07) is 7.20. The molecule has 7 nitrogen and oxygen atoms in total. The van der Waals surface area contributed by atoms with Crippen molar-refractivity contribution in [1.29, 1.82) is 0 Å². The first-order valence-corrected chi connectivity index (χ1v) is 6.02. The molecule has 0 saturated carbocycles. The monoisotopic (exact) mass is 290 g/mol. The smallest absolute Gasteiger partial charge is 0.326 e. The molecule has 1 heterocycles. The number of hydrogen-bond donors (Lipinski definition) is 2. The summed E-state index contributed by atoms with van der Waals surface area (Å²) in [4.78, 5) is 23.4. The lowest BCUT2D eigenvalue weighted by molar-refractivity contribution is 0.0940. The van der Waals surface area contributed by atoms with Gasteiger partial charge in [0, 0.05) is 6.07 Å². The van der Waals surface area contributed by atoms with Gasteiger partial charge >= 0.3 is 6.03 Å². The highest BCUT2D eigenvalue weighted by molar-refractivity contribution is 6.07. The lowest BCUT2D eigenvalue weighted by atomic mass is 10.2. The van der Waals surface area contributed by atoms with E-state index in [2.05, 4.69) is 10.6 Å². The van der Waals surface area contributed by atoms with Crippen LogP contribution in [-0.2, 0) is 0 Å². The highest BCUT2D eigenvalue weighted by Gasteiger charge is 2.14. The molecule has 0 aliphatic heterocycles. The third-order valence-electron chi connectivity index (χ3n) is 2.63. The molecule has 2 aromatic rings. The third kappa shape index (κ3) is 3.53.